The Balaban J connectivity index is 2.33. The molecule has 2 aliphatic rings. The summed E-state index contributed by atoms with van der Waals surface area (Å²) in [5, 5.41) is 0. The average Bonchev–Trinajstić information content (AvgIpc) is 2.73. The highest BCUT2D eigenvalue weighted by Crippen LogP contribution is 2.46. The molecule has 5 heteroatoms. The summed E-state index contributed by atoms with van der Waals surface area (Å²) in [6, 6.07) is 1.91. The smallest absolute Gasteiger partial charge is 0.210 e. The zero-order valence-corrected chi connectivity index (χ0v) is 14.5. The fraction of sp³-hybridized carbons (Fsp3) is 0.421. The van der Waals surface area contributed by atoms with Crippen LogP contribution < -0.4 is 5.46 Å². The summed E-state index contributed by atoms with van der Waals surface area (Å²) in [7, 11) is 2.00. The summed E-state index contributed by atoms with van der Waals surface area (Å²) in [4.78, 5) is 36.7. The molecule has 1 aromatic rings. The maximum Gasteiger partial charge on any atom is 0.210 e. The first-order valence-electron chi connectivity index (χ1n) is 8.43. The molecule has 2 atom stereocenters. The average molecular weight is 323 g/mol. The number of hydrogen-bond donors (Lipinski definition) is 0. The van der Waals surface area contributed by atoms with Crippen LogP contribution >= 0.6 is 0 Å². The summed E-state index contributed by atoms with van der Waals surface area (Å²) in [5.74, 6) is 0.285. The van der Waals surface area contributed by atoms with Gasteiger partial charge in [0.15, 0.2) is 5.78 Å². The quantitative estimate of drug-likeness (QED) is 0.598. The number of aldehydes is 1. The van der Waals surface area contributed by atoms with Crippen molar-refractivity contribution in [1.29, 1.82) is 0 Å². The molecule has 1 aromatic carbocycles. The lowest BCUT2D eigenvalue weighted by atomic mass is 9.61. The van der Waals surface area contributed by atoms with Crippen molar-refractivity contribution < 1.29 is 14.4 Å². The van der Waals surface area contributed by atoms with E-state index in [9.17, 15) is 14.4 Å². The number of hydrogen-bond acceptors (Lipinski definition) is 3. The predicted molar refractivity (Wildman–Crippen MR) is 95.4 cm³/mol. The van der Waals surface area contributed by atoms with Crippen LogP contribution in [0.2, 0.25) is 0 Å². The molecule has 1 spiro atoms. The molecule has 0 fully saturated rings. The maximum absolute atomic E-state index is 11.9. The first-order chi connectivity index (χ1) is 11.4. The molecular weight excluding hydrogens is 301 g/mol. The maximum atomic E-state index is 11.9. The van der Waals surface area contributed by atoms with Crippen LogP contribution in [0.4, 0.5) is 0 Å². The first-order valence-corrected chi connectivity index (χ1v) is 8.43. The molecule has 4 nitrogen and oxygen atoms in total. The van der Waals surface area contributed by atoms with Crippen molar-refractivity contribution >= 4 is 31.8 Å². The number of carbonyl (C=O) groups excluding carboxylic acids is 3. The van der Waals surface area contributed by atoms with Gasteiger partial charge in [0.25, 0.3) is 0 Å². The second kappa shape index (κ2) is 6.04. The van der Waals surface area contributed by atoms with E-state index < -0.39 is 0 Å². The second-order valence-corrected chi connectivity index (χ2v) is 7.15. The number of benzene rings is 1. The van der Waals surface area contributed by atoms with Gasteiger partial charge in [0.05, 0.1) is 0 Å². The Hall–Kier alpha value is -2.17. The third kappa shape index (κ3) is 2.43. The fourth-order valence-electron chi connectivity index (χ4n) is 4.40. The third-order valence-electron chi connectivity index (χ3n) is 5.83. The summed E-state index contributed by atoms with van der Waals surface area (Å²) in [6.07, 6.45) is 6.78. The van der Waals surface area contributed by atoms with Gasteiger partial charge < -0.3 is 4.90 Å². The molecule has 0 N–H and O–H groups in total. The van der Waals surface area contributed by atoms with E-state index in [1.54, 1.807) is 11.0 Å². The van der Waals surface area contributed by atoms with E-state index in [-0.39, 0.29) is 17.1 Å². The number of allylic oxidation sites excluding steroid dienone is 2. The molecule has 1 amide bonds. The third-order valence-corrected chi connectivity index (χ3v) is 5.83. The standard InChI is InChI=1S/C19H22BNO3/c1-12-7-15(24)3-4-19(12)5-6-21(11-23)9-16-17(20)8-14(10-22)13(2)18(16)19/h3-4,8,10-12H,5-7,9,20H2,1-2H3/t12-,19-/m0/s1. The minimum absolute atomic E-state index is 0.139. The minimum atomic E-state index is -0.297. The van der Waals surface area contributed by atoms with E-state index in [2.05, 4.69) is 6.92 Å². The Kier molecular flexibility index (Phi) is 4.20. The van der Waals surface area contributed by atoms with Gasteiger partial charge in [0, 0.05) is 30.5 Å². The van der Waals surface area contributed by atoms with Gasteiger partial charge in [-0.3, -0.25) is 14.4 Å². The van der Waals surface area contributed by atoms with Crippen molar-refractivity contribution in [2.45, 2.75) is 38.6 Å². The summed E-state index contributed by atoms with van der Waals surface area (Å²) in [5.41, 5.74) is 4.67. The fourth-order valence-corrected chi connectivity index (χ4v) is 4.40. The summed E-state index contributed by atoms with van der Waals surface area (Å²) >= 11 is 0. The van der Waals surface area contributed by atoms with Crippen LogP contribution in [0.1, 0.15) is 46.8 Å². The molecule has 1 aliphatic heterocycles. The Morgan fingerprint density at radius 1 is 1.38 bits per heavy atom. The van der Waals surface area contributed by atoms with Crippen LogP contribution in [0.3, 0.4) is 0 Å². The molecule has 0 radical (unpaired) electrons. The molecule has 0 bridgehead atoms. The van der Waals surface area contributed by atoms with Crippen LogP contribution in [0.5, 0.6) is 0 Å². The molecular formula is C19H22BNO3. The van der Waals surface area contributed by atoms with Crippen LogP contribution in [-0.2, 0) is 21.5 Å². The molecule has 0 unspecified atom stereocenters. The Morgan fingerprint density at radius 2 is 2.12 bits per heavy atom. The van der Waals surface area contributed by atoms with E-state index in [1.165, 1.54) is 0 Å². The van der Waals surface area contributed by atoms with E-state index in [4.69, 9.17) is 0 Å². The van der Waals surface area contributed by atoms with Crippen molar-refractivity contribution in [1.82, 2.24) is 4.90 Å². The van der Waals surface area contributed by atoms with E-state index in [0.29, 0.717) is 25.1 Å². The van der Waals surface area contributed by atoms with Crippen molar-refractivity contribution in [3.63, 3.8) is 0 Å². The van der Waals surface area contributed by atoms with Crippen molar-refractivity contribution in [2.24, 2.45) is 5.92 Å². The molecule has 124 valence electrons. The van der Waals surface area contributed by atoms with Crippen LogP contribution in [0.25, 0.3) is 0 Å². The molecule has 1 heterocycles. The predicted octanol–water partition coefficient (Wildman–Crippen LogP) is 0.831. The monoisotopic (exact) mass is 323 g/mol. The largest absolute Gasteiger partial charge is 0.341 e. The van der Waals surface area contributed by atoms with Crippen molar-refractivity contribution in [3.8, 4) is 0 Å². The lowest BCUT2D eigenvalue weighted by Gasteiger charge is -2.41. The van der Waals surface area contributed by atoms with Crippen LogP contribution in [0, 0.1) is 12.8 Å². The van der Waals surface area contributed by atoms with E-state index in [0.717, 1.165) is 41.3 Å². The van der Waals surface area contributed by atoms with Gasteiger partial charge in [-0.2, -0.15) is 0 Å². The Labute approximate surface area is 143 Å². The highest BCUT2D eigenvalue weighted by molar-refractivity contribution is 6.34. The van der Waals surface area contributed by atoms with Crippen LogP contribution in [-0.4, -0.2) is 37.8 Å². The Morgan fingerprint density at radius 3 is 2.75 bits per heavy atom. The summed E-state index contributed by atoms with van der Waals surface area (Å²) < 4.78 is 0. The molecule has 1 aliphatic carbocycles. The highest BCUT2D eigenvalue weighted by atomic mass is 16.1. The Bertz CT molecular complexity index is 755. The summed E-state index contributed by atoms with van der Waals surface area (Å²) in [6.45, 7) is 5.29. The number of carbonyl (C=O) groups is 3. The lowest BCUT2D eigenvalue weighted by molar-refractivity contribution is -0.119. The number of fused-ring (bicyclic) bond motifs is 2. The second-order valence-electron chi connectivity index (χ2n) is 7.15. The van der Waals surface area contributed by atoms with Gasteiger partial charge in [-0.25, -0.2) is 0 Å². The molecule has 0 saturated carbocycles. The van der Waals surface area contributed by atoms with Gasteiger partial charge in [0.2, 0.25) is 6.41 Å². The molecule has 0 aromatic heterocycles. The minimum Gasteiger partial charge on any atom is -0.341 e. The molecule has 3 rings (SSSR count). The van der Waals surface area contributed by atoms with Gasteiger partial charge in [0.1, 0.15) is 14.1 Å². The van der Waals surface area contributed by atoms with E-state index >= 15 is 0 Å². The van der Waals surface area contributed by atoms with Gasteiger partial charge in [-0.05, 0) is 42.0 Å². The van der Waals surface area contributed by atoms with Gasteiger partial charge >= 0.3 is 0 Å². The zero-order chi connectivity index (χ0) is 17.5. The highest BCUT2D eigenvalue weighted by Gasteiger charge is 2.43. The zero-order valence-electron chi connectivity index (χ0n) is 14.5. The number of ketones is 1. The first kappa shape index (κ1) is 16.7. The number of nitrogens with zero attached hydrogens (tertiary/aromatic N) is 1. The van der Waals surface area contributed by atoms with Crippen molar-refractivity contribution in [3.05, 3.63) is 40.5 Å². The van der Waals surface area contributed by atoms with Crippen molar-refractivity contribution in [2.75, 3.05) is 6.54 Å². The number of rotatable bonds is 2. The number of amides is 1. The SMILES string of the molecule is Bc1cc(C=O)c(C)c2c1CN(C=O)CC[C@]21C=CC(=O)C[C@@H]1C. The normalized spacial score (nSPS) is 26.2. The molecule has 0 saturated heterocycles. The lowest BCUT2D eigenvalue weighted by Crippen LogP contribution is -2.39. The van der Waals surface area contributed by atoms with Gasteiger partial charge in [-0.1, -0.05) is 24.5 Å². The van der Waals surface area contributed by atoms with Crippen LogP contribution in [0.15, 0.2) is 18.2 Å². The topological polar surface area (TPSA) is 54.5 Å². The molecule has 24 heavy (non-hydrogen) atoms. The van der Waals surface area contributed by atoms with E-state index in [1.807, 2.05) is 26.9 Å². The van der Waals surface area contributed by atoms with Gasteiger partial charge in [-0.15, -0.1) is 0 Å².